The molecular weight excluding hydrogens is 424 g/mol. The third-order valence-electron chi connectivity index (χ3n) is 4.08. The van der Waals surface area contributed by atoms with E-state index in [1.165, 1.54) is 10.6 Å². The second kappa shape index (κ2) is 10.5. The number of nitrogens with two attached hydrogens (primary N) is 2. The summed E-state index contributed by atoms with van der Waals surface area (Å²) >= 11 is 0. The Kier molecular flexibility index (Phi) is 8.02. The second-order valence-electron chi connectivity index (χ2n) is 6.83. The molecule has 12 heteroatoms. The maximum absolute atomic E-state index is 12.7. The lowest BCUT2D eigenvalue weighted by Gasteiger charge is -2.13. The maximum atomic E-state index is 12.7. The van der Waals surface area contributed by atoms with Crippen molar-refractivity contribution in [2.45, 2.75) is 26.1 Å². The van der Waals surface area contributed by atoms with Gasteiger partial charge in [-0.1, -0.05) is 29.8 Å². The van der Waals surface area contributed by atoms with E-state index in [1.807, 2.05) is 13.0 Å². The van der Waals surface area contributed by atoms with E-state index in [4.69, 9.17) is 16.3 Å². The molecule has 1 aromatic heterocycles. The van der Waals surface area contributed by atoms with Gasteiger partial charge in [0, 0.05) is 5.69 Å². The highest BCUT2D eigenvalue weighted by atomic mass is 32.2. The molecule has 1 heterocycles. The molecule has 0 fully saturated rings. The summed E-state index contributed by atoms with van der Waals surface area (Å²) in [7, 11) is -3.83. The van der Waals surface area contributed by atoms with Crippen molar-refractivity contribution in [3.05, 3.63) is 63.6 Å². The first-order chi connectivity index (χ1) is 14.6. The van der Waals surface area contributed by atoms with E-state index < -0.39 is 21.5 Å². The highest BCUT2D eigenvalue weighted by molar-refractivity contribution is 7.91. The minimum Gasteiger partial charge on any atom is -0.391 e. The molecule has 0 radical (unpaired) electrons. The summed E-state index contributed by atoms with van der Waals surface area (Å²) in [5.41, 5.74) is 11.5. The van der Waals surface area contributed by atoms with Crippen LogP contribution in [0.4, 0.5) is 5.69 Å². The highest BCUT2D eigenvalue weighted by Gasteiger charge is 2.16. The maximum Gasteiger partial charge on any atom is 0.275 e. The number of nitrogens with zero attached hydrogens (tertiary/aromatic N) is 2. The summed E-state index contributed by atoms with van der Waals surface area (Å²) in [6, 6.07) is 10.0. The van der Waals surface area contributed by atoms with E-state index in [9.17, 15) is 18.0 Å². The molecular formula is C19H26N6O5S. The van der Waals surface area contributed by atoms with Crippen LogP contribution in [-0.4, -0.2) is 38.0 Å². The Balaban J connectivity index is 2.07. The average Bonchev–Trinajstić information content (AvgIpc) is 2.66. The smallest absolute Gasteiger partial charge is 0.275 e. The van der Waals surface area contributed by atoms with Gasteiger partial charge in [0.1, 0.15) is 18.8 Å². The van der Waals surface area contributed by atoms with Gasteiger partial charge in [-0.05, 0) is 36.7 Å². The number of nitrogens with one attached hydrogen (secondary N) is 2. The summed E-state index contributed by atoms with van der Waals surface area (Å²) in [6.07, 6.45) is 0. The molecule has 0 aliphatic heterocycles. The van der Waals surface area contributed by atoms with E-state index in [1.54, 1.807) is 31.2 Å². The SMILES string of the molecule is Cc1cccc(CS(=O)(=O)Nc2ccc(C)n(CC(=O)NCCON=C(N)N)c2=O)c1. The first kappa shape index (κ1) is 23.7. The van der Waals surface area contributed by atoms with Crippen molar-refractivity contribution in [1.82, 2.24) is 9.88 Å². The lowest BCUT2D eigenvalue weighted by atomic mass is 10.2. The average molecular weight is 451 g/mol. The fraction of sp³-hybridized carbons (Fsp3) is 0.316. The molecule has 0 spiro atoms. The Morgan fingerprint density at radius 1 is 1.19 bits per heavy atom. The molecule has 2 rings (SSSR count). The molecule has 0 saturated carbocycles. The van der Waals surface area contributed by atoms with E-state index in [0.717, 1.165) is 5.56 Å². The number of benzene rings is 1. The second-order valence-corrected chi connectivity index (χ2v) is 8.55. The fourth-order valence-electron chi connectivity index (χ4n) is 2.73. The summed E-state index contributed by atoms with van der Waals surface area (Å²) in [4.78, 5) is 29.6. The summed E-state index contributed by atoms with van der Waals surface area (Å²) in [5.74, 6) is -0.980. The number of amides is 1. The molecule has 6 N–H and O–H groups in total. The third-order valence-corrected chi connectivity index (χ3v) is 5.33. The number of rotatable bonds is 10. The summed E-state index contributed by atoms with van der Waals surface area (Å²) in [5, 5.41) is 5.87. The molecule has 168 valence electrons. The molecule has 0 aliphatic rings. The molecule has 2 aromatic rings. The van der Waals surface area contributed by atoms with Crippen molar-refractivity contribution in [1.29, 1.82) is 0 Å². The number of anilines is 1. The van der Waals surface area contributed by atoms with E-state index in [2.05, 4.69) is 15.2 Å². The minimum absolute atomic E-state index is 0.0380. The molecule has 31 heavy (non-hydrogen) atoms. The zero-order chi connectivity index (χ0) is 23.0. The molecule has 1 amide bonds. The molecule has 1 aromatic carbocycles. The van der Waals surface area contributed by atoms with Crippen molar-refractivity contribution >= 4 is 27.6 Å². The van der Waals surface area contributed by atoms with Crippen LogP contribution in [0.2, 0.25) is 0 Å². The number of aromatic nitrogens is 1. The van der Waals surface area contributed by atoms with Gasteiger partial charge in [0.25, 0.3) is 5.56 Å². The van der Waals surface area contributed by atoms with E-state index >= 15 is 0 Å². The van der Waals surface area contributed by atoms with Crippen LogP contribution in [0.25, 0.3) is 0 Å². The van der Waals surface area contributed by atoms with Crippen molar-refractivity contribution in [2.75, 3.05) is 17.9 Å². The van der Waals surface area contributed by atoms with Crippen LogP contribution in [0, 0.1) is 13.8 Å². The number of aryl methyl sites for hydroxylation is 2. The van der Waals surface area contributed by atoms with Crippen LogP contribution in [-0.2, 0) is 32.0 Å². The molecule has 0 bridgehead atoms. The number of carbonyl (C=O) groups excluding carboxylic acids is 1. The fourth-order valence-corrected chi connectivity index (χ4v) is 3.91. The molecule has 11 nitrogen and oxygen atoms in total. The monoisotopic (exact) mass is 450 g/mol. The van der Waals surface area contributed by atoms with E-state index in [-0.39, 0.29) is 37.1 Å². The number of carbonyl (C=O) groups is 1. The van der Waals surface area contributed by atoms with Crippen LogP contribution >= 0.6 is 0 Å². The number of oxime groups is 1. The molecule has 0 aliphatic carbocycles. The first-order valence-corrected chi connectivity index (χ1v) is 11.0. The topological polar surface area (TPSA) is 171 Å². The van der Waals surface area contributed by atoms with Crippen LogP contribution in [0.3, 0.4) is 0 Å². The van der Waals surface area contributed by atoms with Crippen molar-refractivity contribution in [2.24, 2.45) is 16.6 Å². The Hall–Kier alpha value is -3.54. The molecule has 0 unspecified atom stereocenters. The number of pyridine rings is 1. The van der Waals surface area contributed by atoms with Gasteiger partial charge < -0.3 is 26.2 Å². The zero-order valence-electron chi connectivity index (χ0n) is 17.3. The lowest BCUT2D eigenvalue weighted by molar-refractivity contribution is -0.122. The Labute approximate surface area is 180 Å². The quantitative estimate of drug-likeness (QED) is 0.167. The van der Waals surface area contributed by atoms with Crippen LogP contribution in [0.5, 0.6) is 0 Å². The Morgan fingerprint density at radius 3 is 2.61 bits per heavy atom. The van der Waals surface area contributed by atoms with Crippen molar-refractivity contribution < 1.29 is 18.0 Å². The number of guanidine groups is 1. The van der Waals surface area contributed by atoms with Crippen LogP contribution in [0.15, 0.2) is 46.3 Å². The van der Waals surface area contributed by atoms with E-state index in [0.29, 0.717) is 11.3 Å². The van der Waals surface area contributed by atoms with Gasteiger partial charge in [0.2, 0.25) is 21.9 Å². The number of hydrogen-bond donors (Lipinski definition) is 4. The summed E-state index contributed by atoms with van der Waals surface area (Å²) in [6.45, 7) is 3.37. The van der Waals surface area contributed by atoms with Crippen molar-refractivity contribution in [3.63, 3.8) is 0 Å². The standard InChI is InChI=1S/C19H26N6O5S/c1-13-4-3-5-15(10-13)12-31(28,29)24-16-7-6-14(2)25(18(16)27)11-17(26)22-8-9-30-23-19(20)21/h3-7,10,24H,8-9,11-12H2,1-2H3,(H,22,26)(H4,20,21,23). The van der Waals surface area contributed by atoms with Crippen LogP contribution < -0.4 is 27.1 Å². The highest BCUT2D eigenvalue weighted by Crippen LogP contribution is 2.12. The number of sulfonamides is 1. The Morgan fingerprint density at radius 2 is 1.94 bits per heavy atom. The van der Waals surface area contributed by atoms with Gasteiger partial charge in [-0.2, -0.15) is 0 Å². The van der Waals surface area contributed by atoms with Gasteiger partial charge in [-0.15, -0.1) is 0 Å². The van der Waals surface area contributed by atoms with Gasteiger partial charge >= 0.3 is 0 Å². The third kappa shape index (κ3) is 7.66. The van der Waals surface area contributed by atoms with Crippen molar-refractivity contribution in [3.8, 4) is 0 Å². The molecule has 0 atom stereocenters. The predicted molar refractivity (Wildman–Crippen MR) is 118 cm³/mol. The normalized spacial score (nSPS) is 10.9. The predicted octanol–water partition coefficient (Wildman–Crippen LogP) is -0.272. The zero-order valence-corrected chi connectivity index (χ0v) is 18.1. The van der Waals surface area contributed by atoms with Gasteiger partial charge in [0.15, 0.2) is 0 Å². The minimum atomic E-state index is -3.83. The first-order valence-electron chi connectivity index (χ1n) is 9.31. The van der Waals surface area contributed by atoms with Gasteiger partial charge in [-0.25, -0.2) is 8.42 Å². The summed E-state index contributed by atoms with van der Waals surface area (Å²) < 4.78 is 28.5. The molecule has 0 saturated heterocycles. The van der Waals surface area contributed by atoms with Gasteiger partial charge in [-0.3, -0.25) is 14.3 Å². The Bertz CT molecular complexity index is 1120. The van der Waals surface area contributed by atoms with Gasteiger partial charge in [0.05, 0.1) is 12.3 Å². The largest absolute Gasteiger partial charge is 0.391 e. The lowest BCUT2D eigenvalue weighted by Crippen LogP contribution is -2.36. The number of hydrogen-bond acceptors (Lipinski definition) is 6. The van der Waals surface area contributed by atoms with Crippen LogP contribution in [0.1, 0.15) is 16.8 Å².